The average molecular weight is 281 g/mol. The van der Waals surface area contributed by atoms with Crippen LogP contribution in [0.25, 0.3) is 0 Å². The molecule has 0 aromatic heterocycles. The smallest absolute Gasteiger partial charge is 0.156 e. The van der Waals surface area contributed by atoms with Gasteiger partial charge < -0.3 is 14.8 Å². The zero-order valence-electron chi connectivity index (χ0n) is 13.6. The summed E-state index contributed by atoms with van der Waals surface area (Å²) in [5.74, 6) is 2.12. The minimum absolute atomic E-state index is 0.478. The third-order valence-corrected chi connectivity index (χ3v) is 4.02. The molecule has 3 nitrogen and oxygen atoms in total. The lowest BCUT2D eigenvalue weighted by molar-refractivity contribution is 0.217. The van der Waals surface area contributed by atoms with Gasteiger partial charge in [0.2, 0.25) is 0 Å². The number of rotatable bonds is 8. The molecule has 1 aliphatic rings. The van der Waals surface area contributed by atoms with Gasteiger partial charge in [-0.2, -0.15) is 0 Å². The normalized spacial score (nSPS) is 19.8. The van der Waals surface area contributed by atoms with Crippen LogP contribution in [0.5, 0.6) is 0 Å². The van der Waals surface area contributed by atoms with Crippen LogP contribution in [0.2, 0.25) is 0 Å². The Bertz CT molecular complexity index is 317. The lowest BCUT2D eigenvalue weighted by Gasteiger charge is -2.23. The third kappa shape index (κ3) is 6.00. The Morgan fingerprint density at radius 1 is 1.15 bits per heavy atom. The Morgan fingerprint density at radius 3 is 2.35 bits per heavy atom. The van der Waals surface area contributed by atoms with E-state index >= 15 is 0 Å². The monoisotopic (exact) mass is 281 g/mol. The highest BCUT2D eigenvalue weighted by atomic mass is 16.5. The van der Waals surface area contributed by atoms with Gasteiger partial charge in [-0.1, -0.05) is 26.2 Å². The van der Waals surface area contributed by atoms with Gasteiger partial charge in [0.1, 0.15) is 0 Å². The maximum Gasteiger partial charge on any atom is 0.156 e. The lowest BCUT2D eigenvalue weighted by Crippen LogP contribution is -2.32. The average Bonchev–Trinajstić information content (AvgIpc) is 2.48. The molecule has 0 spiro atoms. The molecular formula is C17H31NO2. The number of ether oxygens (including phenoxy) is 2. The fourth-order valence-corrected chi connectivity index (χ4v) is 2.78. The molecule has 0 aromatic carbocycles. The quantitative estimate of drug-likeness (QED) is 0.538. The maximum atomic E-state index is 5.41. The van der Waals surface area contributed by atoms with Crippen molar-refractivity contribution >= 4 is 0 Å². The molecule has 0 amide bonds. The Morgan fingerprint density at radius 2 is 1.80 bits per heavy atom. The summed E-state index contributed by atoms with van der Waals surface area (Å²) in [5, 5.41) is 3.69. The minimum Gasteiger partial charge on any atom is -0.493 e. The van der Waals surface area contributed by atoms with Gasteiger partial charge in [0.05, 0.1) is 14.2 Å². The second-order valence-corrected chi connectivity index (χ2v) is 5.65. The molecule has 0 bridgehead atoms. The maximum absolute atomic E-state index is 5.41. The fourth-order valence-electron chi connectivity index (χ4n) is 2.78. The molecule has 116 valence electrons. The second kappa shape index (κ2) is 9.87. The van der Waals surface area contributed by atoms with E-state index < -0.39 is 0 Å². The highest BCUT2D eigenvalue weighted by molar-refractivity contribution is 5.20. The molecule has 1 unspecified atom stereocenters. The van der Waals surface area contributed by atoms with Crippen LogP contribution < -0.4 is 5.32 Å². The molecule has 0 aliphatic heterocycles. The van der Waals surface area contributed by atoms with E-state index in [0.717, 1.165) is 30.5 Å². The van der Waals surface area contributed by atoms with Gasteiger partial charge in [-0.3, -0.25) is 0 Å². The second-order valence-electron chi connectivity index (χ2n) is 5.65. The first-order valence-corrected chi connectivity index (χ1v) is 7.91. The van der Waals surface area contributed by atoms with Crippen molar-refractivity contribution < 1.29 is 9.47 Å². The largest absolute Gasteiger partial charge is 0.493 e. The highest BCUT2D eigenvalue weighted by Gasteiger charge is 2.13. The standard InChI is InChI=1S/C17H31NO2/c1-5-16(19-3)17(20-4)13-14(2)11-12-18-15-9-7-6-8-10-15/h5,13-15,18H,6-12H2,1-4H3/b16-5+,17-13+. The van der Waals surface area contributed by atoms with E-state index in [1.807, 2.05) is 13.0 Å². The minimum atomic E-state index is 0.478. The summed E-state index contributed by atoms with van der Waals surface area (Å²) in [7, 11) is 3.37. The van der Waals surface area contributed by atoms with Crippen LogP contribution in [-0.2, 0) is 9.47 Å². The van der Waals surface area contributed by atoms with Gasteiger partial charge >= 0.3 is 0 Å². The van der Waals surface area contributed by atoms with Crippen LogP contribution >= 0.6 is 0 Å². The SMILES string of the molecule is C/C=C(OC)\C(=C/C(C)CCNC1CCCCC1)OC. The highest BCUT2D eigenvalue weighted by Crippen LogP contribution is 2.18. The summed E-state index contributed by atoms with van der Waals surface area (Å²) in [6, 6.07) is 0.742. The zero-order valence-corrected chi connectivity index (χ0v) is 13.6. The Kier molecular flexibility index (Phi) is 8.43. The van der Waals surface area contributed by atoms with Crippen LogP contribution in [0.1, 0.15) is 52.4 Å². The molecule has 20 heavy (non-hydrogen) atoms. The van der Waals surface area contributed by atoms with Crippen molar-refractivity contribution in [1.29, 1.82) is 0 Å². The van der Waals surface area contributed by atoms with E-state index in [2.05, 4.69) is 18.3 Å². The van der Waals surface area contributed by atoms with Gasteiger partial charge in [0.25, 0.3) is 0 Å². The van der Waals surface area contributed by atoms with Crippen molar-refractivity contribution in [3.63, 3.8) is 0 Å². The Hall–Kier alpha value is -0.960. The number of allylic oxidation sites excluding steroid dienone is 2. The van der Waals surface area contributed by atoms with E-state index in [1.54, 1.807) is 14.2 Å². The molecule has 0 aromatic rings. The molecular weight excluding hydrogens is 250 g/mol. The van der Waals surface area contributed by atoms with E-state index in [9.17, 15) is 0 Å². The number of nitrogens with one attached hydrogen (secondary N) is 1. The van der Waals surface area contributed by atoms with Crippen molar-refractivity contribution in [2.45, 2.75) is 58.4 Å². The summed E-state index contributed by atoms with van der Waals surface area (Å²) in [4.78, 5) is 0. The Balaban J connectivity index is 2.35. The summed E-state index contributed by atoms with van der Waals surface area (Å²) >= 11 is 0. The summed E-state index contributed by atoms with van der Waals surface area (Å²) < 4.78 is 10.7. The van der Waals surface area contributed by atoms with E-state index in [4.69, 9.17) is 9.47 Å². The topological polar surface area (TPSA) is 30.5 Å². The van der Waals surface area contributed by atoms with Gasteiger partial charge in [0.15, 0.2) is 11.5 Å². The summed E-state index contributed by atoms with van der Waals surface area (Å²) in [6.45, 7) is 5.27. The van der Waals surface area contributed by atoms with Crippen molar-refractivity contribution in [3.05, 3.63) is 23.7 Å². The first kappa shape index (κ1) is 17.1. The predicted octanol–water partition coefficient (Wildman–Crippen LogP) is 4.02. The van der Waals surface area contributed by atoms with Crippen LogP contribution in [0.3, 0.4) is 0 Å². The van der Waals surface area contributed by atoms with Crippen molar-refractivity contribution in [1.82, 2.24) is 5.32 Å². The summed E-state index contributed by atoms with van der Waals surface area (Å²) in [6.07, 6.45) is 12.1. The summed E-state index contributed by atoms with van der Waals surface area (Å²) in [5.41, 5.74) is 0. The van der Waals surface area contributed by atoms with Gasteiger partial charge in [-0.15, -0.1) is 0 Å². The molecule has 3 heteroatoms. The molecule has 1 fully saturated rings. The van der Waals surface area contributed by atoms with Crippen molar-refractivity contribution in [2.24, 2.45) is 5.92 Å². The van der Waals surface area contributed by atoms with E-state index in [-0.39, 0.29) is 0 Å². The van der Waals surface area contributed by atoms with Crippen molar-refractivity contribution in [2.75, 3.05) is 20.8 Å². The first-order chi connectivity index (χ1) is 9.71. The Labute approximate surface area is 124 Å². The molecule has 0 saturated heterocycles. The van der Waals surface area contributed by atoms with Crippen molar-refractivity contribution in [3.8, 4) is 0 Å². The molecule has 1 N–H and O–H groups in total. The molecule has 1 aliphatic carbocycles. The molecule has 0 radical (unpaired) electrons. The zero-order chi connectivity index (χ0) is 14.8. The van der Waals surface area contributed by atoms with E-state index in [0.29, 0.717) is 5.92 Å². The number of hydrogen-bond acceptors (Lipinski definition) is 3. The molecule has 1 atom stereocenters. The lowest BCUT2D eigenvalue weighted by atomic mass is 9.95. The first-order valence-electron chi connectivity index (χ1n) is 7.91. The third-order valence-electron chi connectivity index (χ3n) is 4.02. The molecule has 1 rings (SSSR count). The van der Waals surface area contributed by atoms with E-state index in [1.165, 1.54) is 32.1 Å². The van der Waals surface area contributed by atoms with Crippen LogP contribution in [0.4, 0.5) is 0 Å². The van der Waals surface area contributed by atoms with Gasteiger partial charge in [0, 0.05) is 6.04 Å². The number of hydrogen-bond donors (Lipinski definition) is 1. The van der Waals surface area contributed by atoms with Gasteiger partial charge in [-0.25, -0.2) is 0 Å². The van der Waals surface area contributed by atoms with Crippen LogP contribution in [-0.4, -0.2) is 26.8 Å². The number of methoxy groups -OCH3 is 2. The van der Waals surface area contributed by atoms with Crippen LogP contribution in [0, 0.1) is 5.92 Å². The predicted molar refractivity (Wildman–Crippen MR) is 84.5 cm³/mol. The molecule has 0 heterocycles. The van der Waals surface area contributed by atoms with Gasteiger partial charge in [-0.05, 0) is 50.8 Å². The van der Waals surface area contributed by atoms with Crippen LogP contribution in [0.15, 0.2) is 23.7 Å². The molecule has 1 saturated carbocycles. The fraction of sp³-hybridized carbons (Fsp3) is 0.765.